The second-order valence-electron chi connectivity index (χ2n) is 11.5. The van der Waals surface area contributed by atoms with Crippen LogP contribution in [0.2, 0.25) is 0 Å². The average Bonchev–Trinajstić information content (AvgIpc) is 3.09. The normalized spacial score (nSPS) is 19.9. The molecule has 0 spiro atoms. The topological polar surface area (TPSA) is 96.0 Å². The van der Waals surface area contributed by atoms with Crippen LogP contribution in [0.15, 0.2) is 46.5 Å². The Balaban J connectivity index is 1.97. The SMILES string of the molecule is CC(C)(C)c1cc(C(=O)CN2/C(=N\Br)C(Cc3ccccc3)CC2C(N)=O)cc(C(C)(C)C)c1O. The predicted octanol–water partition coefficient (Wildman–Crippen LogP) is 5.30. The molecule has 7 heteroatoms. The number of hydrogen-bond acceptors (Lipinski definition) is 4. The molecule has 1 aliphatic heterocycles. The molecule has 2 aromatic carbocycles. The van der Waals surface area contributed by atoms with Gasteiger partial charge in [0.2, 0.25) is 5.91 Å². The number of aromatic hydroxyl groups is 1. The highest BCUT2D eigenvalue weighted by Gasteiger charge is 2.41. The summed E-state index contributed by atoms with van der Waals surface area (Å²) in [5, 5.41) is 11.0. The van der Waals surface area contributed by atoms with Crippen LogP contribution >= 0.6 is 16.1 Å². The molecular formula is C28H36BrN3O3. The Morgan fingerprint density at radius 3 is 2.06 bits per heavy atom. The van der Waals surface area contributed by atoms with Gasteiger partial charge in [0.15, 0.2) is 5.78 Å². The maximum Gasteiger partial charge on any atom is 0.240 e. The van der Waals surface area contributed by atoms with Crippen molar-refractivity contribution in [2.75, 3.05) is 6.54 Å². The molecular weight excluding hydrogens is 506 g/mol. The van der Waals surface area contributed by atoms with E-state index in [0.29, 0.717) is 24.2 Å². The molecule has 0 aromatic heterocycles. The van der Waals surface area contributed by atoms with Gasteiger partial charge in [-0.05, 0) is 41.4 Å². The first-order valence-corrected chi connectivity index (χ1v) is 12.6. The number of nitrogens with two attached hydrogens (primary N) is 1. The first-order chi connectivity index (χ1) is 16.2. The van der Waals surface area contributed by atoms with Crippen molar-refractivity contribution in [2.24, 2.45) is 15.7 Å². The Hall–Kier alpha value is -2.67. The molecule has 0 radical (unpaired) electrons. The van der Waals surface area contributed by atoms with Crippen LogP contribution in [-0.4, -0.2) is 40.1 Å². The van der Waals surface area contributed by atoms with Crippen LogP contribution in [0, 0.1) is 5.92 Å². The van der Waals surface area contributed by atoms with E-state index in [2.05, 4.69) is 20.2 Å². The lowest BCUT2D eigenvalue weighted by Crippen LogP contribution is -2.44. The molecule has 2 aromatic rings. The van der Waals surface area contributed by atoms with Crippen LogP contribution in [0.5, 0.6) is 5.75 Å². The van der Waals surface area contributed by atoms with Crippen LogP contribution in [0.25, 0.3) is 0 Å². The summed E-state index contributed by atoms with van der Waals surface area (Å²) < 4.78 is 4.31. The number of carbonyl (C=O) groups is 2. The molecule has 1 heterocycles. The molecule has 1 aliphatic rings. The van der Waals surface area contributed by atoms with Crippen molar-refractivity contribution < 1.29 is 14.7 Å². The number of rotatable bonds is 6. The number of nitrogens with zero attached hydrogens (tertiary/aromatic N) is 2. The Morgan fingerprint density at radius 1 is 1.06 bits per heavy atom. The van der Waals surface area contributed by atoms with E-state index >= 15 is 0 Å². The largest absolute Gasteiger partial charge is 0.507 e. The number of primary amides is 1. The monoisotopic (exact) mass is 541 g/mol. The number of Topliss-reactive ketones (excluding diaryl/α,β-unsaturated/α-hetero) is 1. The molecule has 35 heavy (non-hydrogen) atoms. The average molecular weight is 543 g/mol. The van der Waals surface area contributed by atoms with Gasteiger partial charge >= 0.3 is 0 Å². The third kappa shape index (κ3) is 5.95. The lowest BCUT2D eigenvalue weighted by molar-refractivity contribution is -0.121. The van der Waals surface area contributed by atoms with E-state index in [9.17, 15) is 14.7 Å². The summed E-state index contributed by atoms with van der Waals surface area (Å²) >= 11 is 3.23. The maximum absolute atomic E-state index is 13.6. The maximum atomic E-state index is 13.6. The minimum atomic E-state index is -0.620. The highest BCUT2D eigenvalue weighted by molar-refractivity contribution is 9.08. The van der Waals surface area contributed by atoms with Crippen LogP contribution in [0.4, 0.5) is 0 Å². The summed E-state index contributed by atoms with van der Waals surface area (Å²) in [5.74, 6) is 0.206. The van der Waals surface area contributed by atoms with Gasteiger partial charge < -0.3 is 15.7 Å². The van der Waals surface area contributed by atoms with Gasteiger partial charge in [-0.2, -0.15) is 4.02 Å². The van der Waals surface area contributed by atoms with Gasteiger partial charge in [-0.3, -0.25) is 9.59 Å². The molecule has 1 saturated heterocycles. The number of benzene rings is 2. The quantitative estimate of drug-likeness (QED) is 0.485. The summed E-state index contributed by atoms with van der Waals surface area (Å²) in [6.45, 7) is 12.0. The molecule has 2 atom stereocenters. The molecule has 3 rings (SSSR count). The minimum absolute atomic E-state index is 0.0265. The van der Waals surface area contributed by atoms with E-state index in [0.717, 1.165) is 16.7 Å². The second kappa shape index (κ2) is 10.1. The van der Waals surface area contributed by atoms with E-state index in [1.807, 2.05) is 71.9 Å². The van der Waals surface area contributed by atoms with Gasteiger partial charge in [0.05, 0.1) is 22.7 Å². The molecule has 188 valence electrons. The van der Waals surface area contributed by atoms with Gasteiger partial charge in [0.1, 0.15) is 17.6 Å². The summed E-state index contributed by atoms with van der Waals surface area (Å²) in [5.41, 5.74) is 8.13. The van der Waals surface area contributed by atoms with Gasteiger partial charge in [-0.15, -0.1) is 0 Å². The van der Waals surface area contributed by atoms with Crippen molar-refractivity contribution in [1.82, 2.24) is 4.90 Å². The van der Waals surface area contributed by atoms with Crippen LogP contribution in [0.3, 0.4) is 0 Å². The summed E-state index contributed by atoms with van der Waals surface area (Å²) in [6, 6.07) is 12.9. The highest BCUT2D eigenvalue weighted by Crippen LogP contribution is 2.40. The van der Waals surface area contributed by atoms with Crippen molar-refractivity contribution >= 4 is 33.7 Å². The van der Waals surface area contributed by atoms with Crippen LogP contribution in [-0.2, 0) is 22.0 Å². The predicted molar refractivity (Wildman–Crippen MR) is 144 cm³/mol. The first kappa shape index (κ1) is 26.9. The molecule has 1 amide bonds. The number of hydrogen-bond donors (Lipinski definition) is 2. The Kier molecular flexibility index (Phi) is 7.80. The van der Waals surface area contributed by atoms with E-state index in [1.165, 1.54) is 0 Å². The van der Waals surface area contributed by atoms with Gasteiger partial charge in [-0.1, -0.05) is 71.9 Å². The fourth-order valence-corrected chi connectivity index (χ4v) is 5.23. The fourth-order valence-electron chi connectivity index (χ4n) is 4.73. The second-order valence-corrected chi connectivity index (χ2v) is 11.8. The molecule has 0 saturated carbocycles. The van der Waals surface area contributed by atoms with Gasteiger partial charge in [-0.25, -0.2) is 0 Å². The van der Waals surface area contributed by atoms with Gasteiger partial charge in [0, 0.05) is 22.6 Å². The zero-order chi connectivity index (χ0) is 26.1. The molecule has 2 unspecified atom stereocenters. The van der Waals surface area contributed by atoms with Crippen molar-refractivity contribution in [1.29, 1.82) is 0 Å². The highest BCUT2D eigenvalue weighted by atomic mass is 79.9. The van der Waals surface area contributed by atoms with Crippen molar-refractivity contribution in [3.05, 3.63) is 64.7 Å². The van der Waals surface area contributed by atoms with E-state index in [1.54, 1.807) is 17.0 Å². The number of ketones is 1. The third-order valence-corrected chi connectivity index (χ3v) is 7.01. The summed E-state index contributed by atoms with van der Waals surface area (Å²) in [4.78, 5) is 27.7. The summed E-state index contributed by atoms with van der Waals surface area (Å²) in [6.07, 6.45) is 1.19. The molecule has 6 nitrogen and oxygen atoms in total. The summed E-state index contributed by atoms with van der Waals surface area (Å²) in [7, 11) is 0. The molecule has 3 N–H and O–H groups in total. The zero-order valence-corrected chi connectivity index (χ0v) is 23.0. The molecule has 0 aliphatic carbocycles. The van der Waals surface area contributed by atoms with E-state index in [-0.39, 0.29) is 34.8 Å². The number of phenolic OH excluding ortho intramolecular Hbond substituents is 1. The van der Waals surface area contributed by atoms with E-state index in [4.69, 9.17) is 5.73 Å². The molecule has 0 bridgehead atoms. The number of amidine groups is 1. The smallest absolute Gasteiger partial charge is 0.240 e. The zero-order valence-electron chi connectivity index (χ0n) is 21.4. The number of likely N-dealkylation sites (tertiary alicyclic amines) is 1. The lowest BCUT2D eigenvalue weighted by Gasteiger charge is -2.29. The van der Waals surface area contributed by atoms with Crippen molar-refractivity contribution in [3.63, 3.8) is 0 Å². The number of halogens is 1. The number of amides is 1. The Labute approximate surface area is 217 Å². The van der Waals surface area contributed by atoms with Crippen LogP contribution < -0.4 is 5.73 Å². The first-order valence-electron chi connectivity index (χ1n) is 11.9. The standard InChI is InChI=1S/C28H36BrN3O3/c1-27(2,3)20-13-18(14-21(24(20)34)28(4,5)6)23(33)16-32-22(25(30)35)15-19(26(32)31-29)12-17-10-8-7-9-11-17/h7-11,13-14,19,22,34H,12,15-16H2,1-6H3,(H2,30,35)/b31-26-. The molecule has 1 fully saturated rings. The van der Waals surface area contributed by atoms with Crippen molar-refractivity contribution in [2.45, 2.75) is 71.3 Å². The Bertz CT molecular complexity index is 1100. The minimum Gasteiger partial charge on any atom is -0.507 e. The van der Waals surface area contributed by atoms with Crippen LogP contribution in [0.1, 0.15) is 75.0 Å². The van der Waals surface area contributed by atoms with Crippen molar-refractivity contribution in [3.8, 4) is 5.75 Å². The fraction of sp³-hybridized carbons (Fsp3) is 0.464. The number of phenols is 1. The van der Waals surface area contributed by atoms with Gasteiger partial charge in [0.25, 0.3) is 0 Å². The third-order valence-electron chi connectivity index (χ3n) is 6.65. The van der Waals surface area contributed by atoms with E-state index < -0.39 is 11.9 Å². The number of carbonyl (C=O) groups excluding carboxylic acids is 2. The Morgan fingerprint density at radius 2 is 1.60 bits per heavy atom. The lowest BCUT2D eigenvalue weighted by atomic mass is 9.78.